The monoisotopic (exact) mass is 279 g/mol. The fourth-order valence-electron chi connectivity index (χ4n) is 1.63. The van der Waals surface area contributed by atoms with Gasteiger partial charge in [0.25, 0.3) is 5.91 Å². The topological polar surface area (TPSA) is 74.8 Å². The second-order valence-electron chi connectivity index (χ2n) is 4.30. The summed E-state index contributed by atoms with van der Waals surface area (Å²) in [5.74, 6) is 1.07. The van der Waals surface area contributed by atoms with Gasteiger partial charge in [-0.25, -0.2) is 4.98 Å². The Bertz CT molecular complexity index is 610. The van der Waals surface area contributed by atoms with Crippen LogP contribution in [0.25, 0.3) is 0 Å². The van der Waals surface area contributed by atoms with Crippen LogP contribution in [0, 0.1) is 13.8 Å². The second-order valence-corrected chi connectivity index (χ2v) is 4.71. The first-order valence-corrected chi connectivity index (χ1v) is 6.10. The molecule has 0 aliphatic carbocycles. The summed E-state index contributed by atoms with van der Waals surface area (Å²) in [5, 5.41) is 7.12. The van der Waals surface area contributed by atoms with Gasteiger partial charge in [-0.05, 0) is 19.9 Å². The van der Waals surface area contributed by atoms with Gasteiger partial charge in [0.2, 0.25) is 0 Å². The minimum absolute atomic E-state index is 0.208. The van der Waals surface area contributed by atoms with Gasteiger partial charge in [-0.1, -0.05) is 11.6 Å². The maximum atomic E-state index is 12.2. The van der Waals surface area contributed by atoms with Crippen molar-refractivity contribution in [3.63, 3.8) is 0 Å². The lowest BCUT2D eigenvalue weighted by atomic mass is 10.2. The van der Waals surface area contributed by atoms with E-state index in [4.69, 9.17) is 11.6 Å². The fraction of sp³-hybridized carbons (Fsp3) is 0.333. The molecule has 0 spiro atoms. The molecule has 0 saturated heterocycles. The largest absolute Gasteiger partial charge is 0.334 e. The van der Waals surface area contributed by atoms with Crippen LogP contribution in [-0.4, -0.2) is 38.0 Å². The molecule has 0 bridgehead atoms. The van der Waals surface area contributed by atoms with E-state index < -0.39 is 0 Å². The third-order valence-electron chi connectivity index (χ3n) is 2.59. The summed E-state index contributed by atoms with van der Waals surface area (Å²) in [7, 11) is 1.67. The highest BCUT2D eigenvalue weighted by Gasteiger charge is 2.17. The van der Waals surface area contributed by atoms with Crippen molar-refractivity contribution in [1.82, 2.24) is 25.1 Å². The van der Waals surface area contributed by atoms with Crippen molar-refractivity contribution in [3.05, 3.63) is 40.2 Å². The molecule has 2 heterocycles. The second kappa shape index (κ2) is 5.36. The van der Waals surface area contributed by atoms with E-state index in [0.717, 1.165) is 5.69 Å². The highest BCUT2D eigenvalue weighted by molar-refractivity contribution is 6.33. The average molecular weight is 280 g/mol. The van der Waals surface area contributed by atoms with Crippen molar-refractivity contribution in [2.75, 3.05) is 7.05 Å². The van der Waals surface area contributed by atoms with E-state index >= 15 is 0 Å². The number of hydrogen-bond donors (Lipinski definition) is 1. The molecule has 2 aromatic rings. The van der Waals surface area contributed by atoms with Crippen LogP contribution in [0.15, 0.2) is 12.3 Å². The average Bonchev–Trinajstić information content (AvgIpc) is 2.74. The predicted octanol–water partition coefficient (Wildman–Crippen LogP) is 1.74. The molecule has 2 aromatic heterocycles. The van der Waals surface area contributed by atoms with Crippen LogP contribution < -0.4 is 0 Å². The molecule has 0 radical (unpaired) electrons. The number of nitrogens with zero attached hydrogens (tertiary/aromatic N) is 4. The van der Waals surface area contributed by atoms with Crippen LogP contribution in [0.2, 0.25) is 5.02 Å². The predicted molar refractivity (Wildman–Crippen MR) is 70.9 cm³/mol. The summed E-state index contributed by atoms with van der Waals surface area (Å²) in [5.41, 5.74) is 1.15. The SMILES string of the molecule is Cc1cc(Cl)c(C(=O)N(C)Cc2n[nH]c(C)n2)cn1. The molecule has 0 atom stereocenters. The van der Waals surface area contributed by atoms with Gasteiger partial charge >= 0.3 is 0 Å². The molecular weight excluding hydrogens is 266 g/mol. The normalized spacial score (nSPS) is 10.5. The van der Waals surface area contributed by atoms with Gasteiger partial charge < -0.3 is 4.90 Å². The van der Waals surface area contributed by atoms with Gasteiger partial charge in [-0.15, -0.1) is 0 Å². The smallest absolute Gasteiger partial charge is 0.257 e. The van der Waals surface area contributed by atoms with Crippen molar-refractivity contribution in [2.24, 2.45) is 0 Å². The number of halogens is 1. The Kier molecular flexibility index (Phi) is 3.80. The van der Waals surface area contributed by atoms with Gasteiger partial charge in [-0.2, -0.15) is 5.10 Å². The van der Waals surface area contributed by atoms with Crippen molar-refractivity contribution < 1.29 is 4.79 Å². The number of aromatic amines is 1. The summed E-state index contributed by atoms with van der Waals surface area (Å²) < 4.78 is 0. The number of rotatable bonds is 3. The summed E-state index contributed by atoms with van der Waals surface area (Å²) in [6, 6.07) is 1.67. The van der Waals surface area contributed by atoms with Crippen molar-refractivity contribution >= 4 is 17.5 Å². The number of carbonyl (C=O) groups excluding carboxylic acids is 1. The quantitative estimate of drug-likeness (QED) is 0.929. The Hall–Kier alpha value is -1.95. The lowest BCUT2D eigenvalue weighted by Crippen LogP contribution is -2.27. The van der Waals surface area contributed by atoms with Gasteiger partial charge in [0, 0.05) is 18.9 Å². The number of H-pyrrole nitrogens is 1. The molecule has 7 heteroatoms. The zero-order valence-corrected chi connectivity index (χ0v) is 11.7. The maximum absolute atomic E-state index is 12.2. The number of carbonyl (C=O) groups is 1. The Morgan fingerprint density at radius 3 is 2.79 bits per heavy atom. The van der Waals surface area contributed by atoms with Crippen LogP contribution >= 0.6 is 11.6 Å². The number of pyridine rings is 1. The van der Waals surface area contributed by atoms with Crippen molar-refractivity contribution in [1.29, 1.82) is 0 Å². The molecule has 0 unspecified atom stereocenters. The van der Waals surface area contributed by atoms with Crippen LogP contribution in [0.4, 0.5) is 0 Å². The number of amides is 1. The molecule has 1 amide bonds. The van der Waals surface area contributed by atoms with E-state index in [9.17, 15) is 4.79 Å². The van der Waals surface area contributed by atoms with Gasteiger partial charge in [-0.3, -0.25) is 14.9 Å². The lowest BCUT2D eigenvalue weighted by Gasteiger charge is -2.15. The fourth-order valence-corrected chi connectivity index (χ4v) is 1.92. The molecule has 0 saturated carbocycles. The van der Waals surface area contributed by atoms with E-state index in [1.165, 1.54) is 11.1 Å². The first kappa shape index (κ1) is 13.5. The van der Waals surface area contributed by atoms with E-state index in [2.05, 4.69) is 20.2 Å². The summed E-state index contributed by atoms with van der Waals surface area (Å²) >= 11 is 6.05. The number of aromatic nitrogens is 4. The van der Waals surface area contributed by atoms with Gasteiger partial charge in [0.05, 0.1) is 17.1 Å². The Labute approximate surface area is 115 Å². The standard InChI is InChI=1S/C12H14ClN5O/c1-7-4-10(13)9(5-14-7)12(19)18(3)6-11-15-8(2)16-17-11/h4-5H,6H2,1-3H3,(H,15,16,17). The zero-order valence-electron chi connectivity index (χ0n) is 10.9. The first-order chi connectivity index (χ1) is 8.97. The Morgan fingerprint density at radius 2 is 2.21 bits per heavy atom. The molecule has 1 N–H and O–H groups in total. The summed E-state index contributed by atoms with van der Waals surface area (Å²) in [6.45, 7) is 3.94. The van der Waals surface area contributed by atoms with Crippen LogP contribution in [0.3, 0.4) is 0 Å². The van der Waals surface area contributed by atoms with Crippen LogP contribution in [0.5, 0.6) is 0 Å². The zero-order chi connectivity index (χ0) is 14.0. The van der Waals surface area contributed by atoms with E-state index in [0.29, 0.717) is 28.8 Å². The molecule has 0 aliphatic heterocycles. The van der Waals surface area contributed by atoms with Gasteiger partial charge in [0.15, 0.2) is 5.82 Å². The number of hydrogen-bond acceptors (Lipinski definition) is 4. The Balaban J connectivity index is 2.14. The number of aryl methyl sites for hydroxylation is 2. The van der Waals surface area contributed by atoms with Crippen LogP contribution in [-0.2, 0) is 6.54 Å². The lowest BCUT2D eigenvalue weighted by molar-refractivity contribution is 0.0781. The summed E-state index contributed by atoms with van der Waals surface area (Å²) in [4.78, 5) is 22.0. The third kappa shape index (κ3) is 3.08. The molecule has 19 heavy (non-hydrogen) atoms. The molecule has 2 rings (SSSR count). The summed E-state index contributed by atoms with van der Waals surface area (Å²) in [6.07, 6.45) is 1.49. The minimum Gasteiger partial charge on any atom is -0.334 e. The Morgan fingerprint density at radius 1 is 1.47 bits per heavy atom. The highest BCUT2D eigenvalue weighted by Crippen LogP contribution is 2.17. The molecular formula is C12H14ClN5O. The highest BCUT2D eigenvalue weighted by atomic mass is 35.5. The molecule has 6 nitrogen and oxygen atoms in total. The third-order valence-corrected chi connectivity index (χ3v) is 2.90. The van der Waals surface area contributed by atoms with Crippen molar-refractivity contribution in [3.8, 4) is 0 Å². The van der Waals surface area contributed by atoms with Gasteiger partial charge in [0.1, 0.15) is 5.82 Å². The first-order valence-electron chi connectivity index (χ1n) is 5.73. The maximum Gasteiger partial charge on any atom is 0.257 e. The van der Waals surface area contributed by atoms with E-state index in [1.807, 2.05) is 6.92 Å². The van der Waals surface area contributed by atoms with E-state index in [1.54, 1.807) is 20.0 Å². The molecule has 0 aliphatic rings. The van der Waals surface area contributed by atoms with Crippen LogP contribution in [0.1, 0.15) is 27.7 Å². The number of nitrogens with one attached hydrogen (secondary N) is 1. The molecule has 0 fully saturated rings. The van der Waals surface area contributed by atoms with E-state index in [-0.39, 0.29) is 5.91 Å². The van der Waals surface area contributed by atoms with Crippen molar-refractivity contribution in [2.45, 2.75) is 20.4 Å². The minimum atomic E-state index is -0.208. The molecule has 100 valence electrons. The molecule has 0 aromatic carbocycles.